The van der Waals surface area contributed by atoms with Crippen molar-refractivity contribution in [3.05, 3.63) is 77.7 Å². The molecule has 2 N–H and O–H groups in total. The molecule has 3 aromatic rings. The van der Waals surface area contributed by atoms with Gasteiger partial charge in [-0.1, -0.05) is 24.3 Å². The number of anilines is 3. The number of hydrogen-bond acceptors (Lipinski definition) is 5. The summed E-state index contributed by atoms with van der Waals surface area (Å²) in [4.78, 5) is 34.2. The molecule has 146 valence electrons. The molecule has 2 aromatic carbocycles. The zero-order valence-corrected chi connectivity index (χ0v) is 16.1. The van der Waals surface area contributed by atoms with Crippen LogP contribution < -0.4 is 10.6 Å². The predicted octanol–water partition coefficient (Wildman–Crippen LogP) is 3.38. The van der Waals surface area contributed by atoms with Crippen LogP contribution in [0.1, 0.15) is 28.5 Å². The molecule has 2 heterocycles. The van der Waals surface area contributed by atoms with Crippen LogP contribution in [0.25, 0.3) is 0 Å². The molecule has 0 saturated carbocycles. The SMILES string of the molecule is CC(=O)Nc1ccc(Nc2cc(C(=O)N3CCc4ccccc4C3)ncn2)cc1. The van der Waals surface area contributed by atoms with Crippen LogP contribution in [-0.2, 0) is 17.8 Å². The van der Waals surface area contributed by atoms with Crippen molar-refractivity contribution in [2.45, 2.75) is 19.9 Å². The van der Waals surface area contributed by atoms with Crippen LogP contribution in [0, 0.1) is 0 Å². The Morgan fingerprint density at radius 1 is 0.966 bits per heavy atom. The van der Waals surface area contributed by atoms with Gasteiger partial charge in [0.2, 0.25) is 5.91 Å². The smallest absolute Gasteiger partial charge is 0.272 e. The minimum Gasteiger partial charge on any atom is -0.340 e. The lowest BCUT2D eigenvalue weighted by Gasteiger charge is -2.28. The second-order valence-electron chi connectivity index (χ2n) is 6.92. The summed E-state index contributed by atoms with van der Waals surface area (Å²) in [5.41, 5.74) is 4.34. The lowest BCUT2D eigenvalue weighted by atomic mass is 10.00. The van der Waals surface area contributed by atoms with Gasteiger partial charge >= 0.3 is 0 Å². The fraction of sp³-hybridized carbons (Fsp3) is 0.182. The molecule has 2 amide bonds. The second kappa shape index (κ2) is 8.10. The van der Waals surface area contributed by atoms with E-state index in [-0.39, 0.29) is 11.8 Å². The Morgan fingerprint density at radius 3 is 2.45 bits per heavy atom. The molecule has 1 aliphatic heterocycles. The molecule has 29 heavy (non-hydrogen) atoms. The molecule has 0 radical (unpaired) electrons. The number of nitrogens with zero attached hydrogens (tertiary/aromatic N) is 3. The molecule has 1 aliphatic rings. The lowest BCUT2D eigenvalue weighted by molar-refractivity contribution is -0.114. The highest BCUT2D eigenvalue weighted by Gasteiger charge is 2.22. The third kappa shape index (κ3) is 4.40. The molecule has 0 aliphatic carbocycles. The molecule has 0 bridgehead atoms. The van der Waals surface area contributed by atoms with Gasteiger partial charge in [0.05, 0.1) is 0 Å². The molecular formula is C22H21N5O2. The highest BCUT2D eigenvalue weighted by Crippen LogP contribution is 2.21. The molecule has 0 fully saturated rings. The number of aromatic nitrogens is 2. The Hall–Kier alpha value is -3.74. The second-order valence-corrected chi connectivity index (χ2v) is 6.92. The number of amides is 2. The van der Waals surface area contributed by atoms with Crippen LogP contribution >= 0.6 is 0 Å². The van der Waals surface area contributed by atoms with Gasteiger partial charge in [-0.2, -0.15) is 0 Å². The van der Waals surface area contributed by atoms with E-state index in [0.717, 1.165) is 12.1 Å². The van der Waals surface area contributed by atoms with Gasteiger partial charge in [0.1, 0.15) is 17.8 Å². The van der Waals surface area contributed by atoms with E-state index in [4.69, 9.17) is 0 Å². The number of hydrogen-bond donors (Lipinski definition) is 2. The minimum absolute atomic E-state index is 0.106. The highest BCUT2D eigenvalue weighted by molar-refractivity contribution is 5.93. The van der Waals surface area contributed by atoms with Crippen LogP contribution in [-0.4, -0.2) is 33.2 Å². The average Bonchev–Trinajstić information content (AvgIpc) is 2.74. The van der Waals surface area contributed by atoms with Crippen molar-refractivity contribution in [2.75, 3.05) is 17.2 Å². The van der Waals surface area contributed by atoms with E-state index in [9.17, 15) is 9.59 Å². The van der Waals surface area contributed by atoms with E-state index < -0.39 is 0 Å². The normalized spacial score (nSPS) is 12.8. The largest absolute Gasteiger partial charge is 0.340 e. The molecule has 0 unspecified atom stereocenters. The Bertz CT molecular complexity index is 1050. The molecule has 7 heteroatoms. The fourth-order valence-corrected chi connectivity index (χ4v) is 3.36. The first kappa shape index (κ1) is 18.6. The topological polar surface area (TPSA) is 87.2 Å². The third-order valence-corrected chi connectivity index (χ3v) is 4.78. The number of fused-ring (bicyclic) bond motifs is 1. The average molecular weight is 387 g/mol. The van der Waals surface area contributed by atoms with Gasteiger partial charge in [0.25, 0.3) is 5.91 Å². The van der Waals surface area contributed by atoms with Crippen LogP contribution in [0.15, 0.2) is 60.9 Å². The molecule has 0 saturated heterocycles. The van der Waals surface area contributed by atoms with Crippen molar-refractivity contribution >= 4 is 29.0 Å². The van der Waals surface area contributed by atoms with Gasteiger partial charge in [0.15, 0.2) is 0 Å². The minimum atomic E-state index is -0.120. The van der Waals surface area contributed by atoms with Gasteiger partial charge in [-0.3, -0.25) is 9.59 Å². The number of carbonyl (C=O) groups excluding carboxylic acids is 2. The van der Waals surface area contributed by atoms with Crippen molar-refractivity contribution < 1.29 is 9.59 Å². The van der Waals surface area contributed by atoms with E-state index in [0.29, 0.717) is 30.3 Å². The van der Waals surface area contributed by atoms with Gasteiger partial charge in [-0.15, -0.1) is 0 Å². The first-order valence-electron chi connectivity index (χ1n) is 9.41. The number of rotatable bonds is 4. The van der Waals surface area contributed by atoms with Gasteiger partial charge in [-0.05, 0) is 41.8 Å². The summed E-state index contributed by atoms with van der Waals surface area (Å²) in [6.45, 7) is 2.73. The molecule has 0 spiro atoms. The summed E-state index contributed by atoms with van der Waals surface area (Å²) in [6.07, 6.45) is 2.23. The molecule has 1 aromatic heterocycles. The van der Waals surface area contributed by atoms with Crippen molar-refractivity contribution in [3.63, 3.8) is 0 Å². The van der Waals surface area contributed by atoms with Crippen LogP contribution in [0.5, 0.6) is 0 Å². The van der Waals surface area contributed by atoms with Crippen molar-refractivity contribution in [1.82, 2.24) is 14.9 Å². The first-order chi connectivity index (χ1) is 14.1. The standard InChI is InChI=1S/C22H21N5O2/c1-15(28)25-18-6-8-19(9-7-18)26-21-12-20(23-14-24-21)22(29)27-11-10-16-4-2-3-5-17(16)13-27/h2-9,12,14H,10-11,13H2,1H3,(H,25,28)(H,23,24,26). The fourth-order valence-electron chi connectivity index (χ4n) is 3.36. The summed E-state index contributed by atoms with van der Waals surface area (Å²) in [7, 11) is 0. The van der Waals surface area contributed by atoms with Crippen LogP contribution in [0.3, 0.4) is 0 Å². The van der Waals surface area contributed by atoms with E-state index >= 15 is 0 Å². The summed E-state index contributed by atoms with van der Waals surface area (Å²) >= 11 is 0. The predicted molar refractivity (Wildman–Crippen MR) is 111 cm³/mol. The van der Waals surface area contributed by atoms with E-state index in [1.165, 1.54) is 24.4 Å². The number of nitrogens with one attached hydrogen (secondary N) is 2. The number of benzene rings is 2. The van der Waals surface area contributed by atoms with Gasteiger partial charge in [-0.25, -0.2) is 9.97 Å². The zero-order chi connectivity index (χ0) is 20.2. The van der Waals surface area contributed by atoms with E-state index in [1.807, 2.05) is 29.2 Å². The van der Waals surface area contributed by atoms with E-state index in [1.54, 1.807) is 18.2 Å². The van der Waals surface area contributed by atoms with Gasteiger partial charge < -0.3 is 15.5 Å². The summed E-state index contributed by atoms with van der Waals surface area (Å²) < 4.78 is 0. The van der Waals surface area contributed by atoms with Crippen molar-refractivity contribution in [1.29, 1.82) is 0 Å². The molecule has 7 nitrogen and oxygen atoms in total. The van der Waals surface area contributed by atoms with Gasteiger partial charge in [0, 0.05) is 37.5 Å². The van der Waals surface area contributed by atoms with Crippen LogP contribution in [0.2, 0.25) is 0 Å². The quantitative estimate of drug-likeness (QED) is 0.717. The van der Waals surface area contributed by atoms with E-state index in [2.05, 4.69) is 32.7 Å². The maximum atomic E-state index is 12.9. The Balaban J connectivity index is 1.46. The first-order valence-corrected chi connectivity index (χ1v) is 9.41. The molecule has 4 rings (SSSR count). The Morgan fingerprint density at radius 2 is 1.69 bits per heavy atom. The highest BCUT2D eigenvalue weighted by atomic mass is 16.2. The molecular weight excluding hydrogens is 366 g/mol. The third-order valence-electron chi connectivity index (χ3n) is 4.78. The summed E-state index contributed by atoms with van der Waals surface area (Å²) in [5.74, 6) is 0.309. The Labute approximate surface area is 168 Å². The lowest BCUT2D eigenvalue weighted by Crippen LogP contribution is -2.36. The monoisotopic (exact) mass is 387 g/mol. The summed E-state index contributed by atoms with van der Waals surface area (Å²) in [6, 6.07) is 17.1. The Kier molecular flexibility index (Phi) is 5.20. The van der Waals surface area contributed by atoms with Crippen molar-refractivity contribution in [3.8, 4) is 0 Å². The zero-order valence-electron chi connectivity index (χ0n) is 16.1. The number of carbonyl (C=O) groups is 2. The maximum absolute atomic E-state index is 12.9. The van der Waals surface area contributed by atoms with Crippen molar-refractivity contribution in [2.24, 2.45) is 0 Å². The molecule has 0 atom stereocenters. The maximum Gasteiger partial charge on any atom is 0.272 e. The summed E-state index contributed by atoms with van der Waals surface area (Å²) in [5, 5.41) is 5.88. The van der Waals surface area contributed by atoms with Crippen LogP contribution in [0.4, 0.5) is 17.2 Å².